The van der Waals surface area contributed by atoms with Gasteiger partial charge in [-0.1, -0.05) is 6.07 Å². The van der Waals surface area contributed by atoms with E-state index in [9.17, 15) is 13.6 Å². The molecule has 1 amide bonds. The molecule has 1 fully saturated rings. The van der Waals surface area contributed by atoms with Crippen molar-refractivity contribution >= 4 is 22.9 Å². The van der Waals surface area contributed by atoms with Gasteiger partial charge in [0.2, 0.25) is 5.95 Å². The van der Waals surface area contributed by atoms with Gasteiger partial charge in [-0.3, -0.25) is 0 Å². The van der Waals surface area contributed by atoms with Crippen LogP contribution in [0.2, 0.25) is 0 Å². The van der Waals surface area contributed by atoms with Crippen LogP contribution in [-0.2, 0) is 4.74 Å². The van der Waals surface area contributed by atoms with E-state index in [0.717, 1.165) is 12.8 Å². The fraction of sp³-hybridized carbons (Fsp3) is 0.417. The molecule has 3 heterocycles. The van der Waals surface area contributed by atoms with E-state index in [-0.39, 0.29) is 29.5 Å². The van der Waals surface area contributed by atoms with Gasteiger partial charge < -0.3 is 24.7 Å². The second-order valence-corrected chi connectivity index (χ2v) is 9.27. The molecule has 11 heteroatoms. The number of rotatable bonds is 5. The summed E-state index contributed by atoms with van der Waals surface area (Å²) in [6, 6.07) is 6.95. The van der Waals surface area contributed by atoms with Crippen molar-refractivity contribution in [2.45, 2.75) is 51.9 Å². The summed E-state index contributed by atoms with van der Waals surface area (Å²) in [7, 11) is 0. The van der Waals surface area contributed by atoms with Crippen molar-refractivity contribution in [1.29, 1.82) is 5.26 Å². The minimum atomic E-state index is -3.05. The summed E-state index contributed by atoms with van der Waals surface area (Å²) >= 11 is 0. The second kappa shape index (κ2) is 9.74. The molecule has 2 aromatic heterocycles. The molecule has 0 saturated carbocycles. The molecule has 3 aromatic rings. The lowest BCUT2D eigenvalue weighted by Gasteiger charge is -2.34. The summed E-state index contributed by atoms with van der Waals surface area (Å²) in [5, 5.41) is 13.0. The average molecular weight is 485 g/mol. The number of fused-ring (bicyclic) bond motifs is 1. The van der Waals surface area contributed by atoms with E-state index in [1.807, 2.05) is 20.8 Å². The van der Waals surface area contributed by atoms with Crippen molar-refractivity contribution in [3.8, 4) is 23.1 Å². The normalized spacial score (nSPS) is 16.3. The van der Waals surface area contributed by atoms with Crippen LogP contribution in [0.15, 0.2) is 30.6 Å². The number of ether oxygens (including phenoxy) is 2. The van der Waals surface area contributed by atoms with E-state index in [4.69, 9.17) is 10.00 Å². The molecule has 184 valence electrons. The van der Waals surface area contributed by atoms with Gasteiger partial charge in [-0.05, 0) is 45.7 Å². The zero-order valence-electron chi connectivity index (χ0n) is 19.6. The van der Waals surface area contributed by atoms with Gasteiger partial charge >= 0.3 is 12.7 Å². The molecule has 0 spiro atoms. The quantitative estimate of drug-likeness (QED) is 0.529. The monoisotopic (exact) mass is 484 g/mol. The van der Waals surface area contributed by atoms with Crippen molar-refractivity contribution in [3.05, 3.63) is 36.2 Å². The number of hydrogen-bond acceptors (Lipinski definition) is 7. The van der Waals surface area contributed by atoms with Crippen LogP contribution in [0.3, 0.4) is 0 Å². The van der Waals surface area contributed by atoms with Gasteiger partial charge in [0.05, 0.1) is 17.8 Å². The van der Waals surface area contributed by atoms with E-state index in [1.54, 1.807) is 29.3 Å². The summed E-state index contributed by atoms with van der Waals surface area (Å²) < 4.78 is 36.3. The zero-order valence-corrected chi connectivity index (χ0v) is 19.6. The summed E-state index contributed by atoms with van der Waals surface area (Å²) in [6.45, 7) is 3.37. The summed E-state index contributed by atoms with van der Waals surface area (Å²) in [5.74, 6) is 0.0514. The Morgan fingerprint density at radius 2 is 2.17 bits per heavy atom. The van der Waals surface area contributed by atoms with Crippen molar-refractivity contribution in [3.63, 3.8) is 0 Å². The molecule has 0 aliphatic carbocycles. The van der Waals surface area contributed by atoms with Crippen LogP contribution in [0.4, 0.5) is 19.5 Å². The fourth-order valence-corrected chi connectivity index (χ4v) is 3.98. The number of amides is 1. The lowest BCUT2D eigenvalue weighted by molar-refractivity contribution is -0.0498. The lowest BCUT2D eigenvalue weighted by atomic mass is 10.1. The predicted octanol–water partition coefficient (Wildman–Crippen LogP) is 4.91. The molecule has 0 radical (unpaired) electrons. The highest BCUT2D eigenvalue weighted by Gasteiger charge is 2.28. The maximum atomic E-state index is 13.1. The Hall–Kier alpha value is -3.94. The molecule has 1 atom stereocenters. The molecule has 1 unspecified atom stereocenters. The molecule has 1 aliphatic heterocycles. The Kier molecular flexibility index (Phi) is 6.73. The Morgan fingerprint density at radius 3 is 2.89 bits per heavy atom. The van der Waals surface area contributed by atoms with Gasteiger partial charge in [-0.2, -0.15) is 14.0 Å². The van der Waals surface area contributed by atoms with E-state index in [1.165, 1.54) is 6.20 Å². The van der Waals surface area contributed by atoms with Crippen LogP contribution in [0.5, 0.6) is 5.75 Å². The molecular weight excluding hydrogens is 458 g/mol. The zero-order chi connectivity index (χ0) is 25.2. The van der Waals surface area contributed by atoms with Crippen molar-refractivity contribution in [1.82, 2.24) is 19.9 Å². The maximum absolute atomic E-state index is 13.1. The molecule has 4 rings (SSSR count). The smallest absolute Gasteiger partial charge is 0.410 e. The Morgan fingerprint density at radius 1 is 1.37 bits per heavy atom. The van der Waals surface area contributed by atoms with E-state index >= 15 is 0 Å². The van der Waals surface area contributed by atoms with Crippen molar-refractivity contribution in [2.75, 3.05) is 18.4 Å². The minimum Gasteiger partial charge on any atom is -0.444 e. The number of alkyl halides is 2. The first-order valence-corrected chi connectivity index (χ1v) is 11.2. The highest BCUT2D eigenvalue weighted by atomic mass is 19.3. The van der Waals surface area contributed by atoms with E-state index in [0.29, 0.717) is 35.1 Å². The Labute approximate surface area is 201 Å². The molecule has 1 saturated heterocycles. The molecule has 9 nitrogen and oxygen atoms in total. The average Bonchev–Trinajstić information content (AvgIpc) is 3.22. The lowest BCUT2D eigenvalue weighted by Crippen LogP contribution is -2.47. The van der Waals surface area contributed by atoms with Crippen molar-refractivity contribution in [2.24, 2.45) is 0 Å². The van der Waals surface area contributed by atoms with Gasteiger partial charge in [0.15, 0.2) is 5.75 Å². The van der Waals surface area contributed by atoms with Crippen LogP contribution in [-0.4, -0.2) is 57.3 Å². The molecule has 2 N–H and O–H groups in total. The first-order chi connectivity index (χ1) is 16.6. The number of likely N-dealkylation sites (tertiary alicyclic amines) is 1. The van der Waals surface area contributed by atoms with Crippen LogP contribution < -0.4 is 10.1 Å². The number of nitriles is 1. The summed E-state index contributed by atoms with van der Waals surface area (Å²) in [6.07, 6.45) is 3.98. The minimum absolute atomic E-state index is 0.146. The standard InChI is InChI=1S/C24H26F2N6O3/c1-24(2,3)35-23(33)32-8-4-5-15(13-32)30-22-29-12-19(34-21(25)26)20(31-22)17-11-28-18-9-14(10-27)6-7-16(17)18/h6-7,9,11-12,15,21,28H,4-5,8,13H2,1-3H3,(H,29,30,31). The number of benzene rings is 1. The van der Waals surface area contributed by atoms with Gasteiger partial charge in [0.25, 0.3) is 0 Å². The number of hydrogen-bond donors (Lipinski definition) is 2. The van der Waals surface area contributed by atoms with Crippen LogP contribution >= 0.6 is 0 Å². The first kappa shape index (κ1) is 24.2. The Balaban J connectivity index is 1.60. The number of piperidine rings is 1. The molecule has 1 aromatic carbocycles. The molecule has 35 heavy (non-hydrogen) atoms. The predicted molar refractivity (Wildman–Crippen MR) is 125 cm³/mol. The number of anilines is 1. The van der Waals surface area contributed by atoms with Gasteiger partial charge in [0.1, 0.15) is 11.3 Å². The number of aromatic nitrogens is 3. The maximum Gasteiger partial charge on any atom is 0.410 e. The van der Waals surface area contributed by atoms with Crippen molar-refractivity contribution < 1.29 is 23.0 Å². The third kappa shape index (κ3) is 5.77. The summed E-state index contributed by atoms with van der Waals surface area (Å²) in [5.41, 5.74) is 1.24. The SMILES string of the molecule is CC(C)(C)OC(=O)N1CCCC(Nc2ncc(OC(F)F)c(-c3c[nH]c4cc(C#N)ccc34)n2)C1. The fourth-order valence-electron chi connectivity index (χ4n) is 3.98. The summed E-state index contributed by atoms with van der Waals surface area (Å²) in [4.78, 5) is 25.8. The largest absolute Gasteiger partial charge is 0.444 e. The molecule has 0 bridgehead atoms. The first-order valence-electron chi connectivity index (χ1n) is 11.2. The number of carbonyl (C=O) groups is 1. The van der Waals surface area contributed by atoms with Crippen LogP contribution in [0, 0.1) is 11.3 Å². The van der Waals surface area contributed by atoms with Crippen LogP contribution in [0.1, 0.15) is 39.2 Å². The number of aromatic amines is 1. The number of nitrogens with zero attached hydrogens (tertiary/aromatic N) is 4. The number of carbonyl (C=O) groups excluding carboxylic acids is 1. The Bertz CT molecular complexity index is 1260. The number of nitrogens with one attached hydrogen (secondary N) is 2. The highest BCUT2D eigenvalue weighted by molar-refractivity contribution is 5.96. The van der Waals surface area contributed by atoms with E-state index in [2.05, 4.69) is 31.1 Å². The van der Waals surface area contributed by atoms with Gasteiger partial charge in [-0.15, -0.1) is 0 Å². The number of halogens is 2. The third-order valence-electron chi connectivity index (χ3n) is 5.44. The van der Waals surface area contributed by atoms with Gasteiger partial charge in [-0.25, -0.2) is 14.8 Å². The molecule has 1 aliphatic rings. The number of H-pyrrole nitrogens is 1. The second-order valence-electron chi connectivity index (χ2n) is 9.27. The molecular formula is C24H26F2N6O3. The third-order valence-corrected chi connectivity index (χ3v) is 5.44. The highest BCUT2D eigenvalue weighted by Crippen LogP contribution is 2.35. The van der Waals surface area contributed by atoms with Gasteiger partial charge in [0, 0.05) is 41.8 Å². The van der Waals surface area contributed by atoms with E-state index < -0.39 is 12.2 Å². The topological polar surface area (TPSA) is 116 Å². The van der Waals surface area contributed by atoms with Crippen LogP contribution in [0.25, 0.3) is 22.2 Å².